The van der Waals surface area contributed by atoms with Crippen molar-refractivity contribution in [3.8, 4) is 0 Å². The third-order valence-electron chi connectivity index (χ3n) is 5.55. The normalized spacial score (nSPS) is 26.8. The predicted octanol–water partition coefficient (Wildman–Crippen LogP) is 2.38. The lowest BCUT2D eigenvalue weighted by Gasteiger charge is -2.29. The molecule has 0 bridgehead atoms. The maximum Gasteiger partial charge on any atom is 0.271 e. The second-order valence-corrected chi connectivity index (χ2v) is 8.89. The fourth-order valence-electron chi connectivity index (χ4n) is 3.99. The maximum absolute atomic E-state index is 13.1. The van der Waals surface area contributed by atoms with Crippen LogP contribution in [0.25, 0.3) is 0 Å². The second-order valence-electron chi connectivity index (χ2n) is 6.98. The van der Waals surface area contributed by atoms with Gasteiger partial charge in [-0.05, 0) is 49.7 Å². The first kappa shape index (κ1) is 20.1. The molecule has 1 saturated heterocycles. The molecular formula is C16H24ClN3O4S. The minimum Gasteiger partial charge on any atom is -0.327 e. The van der Waals surface area contributed by atoms with Gasteiger partial charge in [0.25, 0.3) is 5.69 Å². The van der Waals surface area contributed by atoms with Crippen molar-refractivity contribution < 1.29 is 13.3 Å². The number of sulfonamides is 1. The fraction of sp³-hybridized carbons (Fsp3) is 0.625. The van der Waals surface area contributed by atoms with Crippen molar-refractivity contribution in [1.29, 1.82) is 0 Å². The van der Waals surface area contributed by atoms with Crippen LogP contribution in [-0.4, -0.2) is 36.8 Å². The van der Waals surface area contributed by atoms with E-state index in [2.05, 4.69) is 0 Å². The summed E-state index contributed by atoms with van der Waals surface area (Å²) in [4.78, 5) is 10.6. The minimum atomic E-state index is -3.76. The van der Waals surface area contributed by atoms with Crippen LogP contribution < -0.4 is 5.73 Å². The number of fused-ring (bicyclic) bond motifs is 1. The van der Waals surface area contributed by atoms with Crippen molar-refractivity contribution in [3.63, 3.8) is 0 Å². The Hall–Kier alpha value is -1.22. The lowest BCUT2D eigenvalue weighted by atomic mass is 9.78. The molecule has 1 aliphatic heterocycles. The highest BCUT2D eigenvalue weighted by Gasteiger charge is 2.43. The van der Waals surface area contributed by atoms with Gasteiger partial charge in [-0.15, -0.1) is 12.4 Å². The highest BCUT2D eigenvalue weighted by molar-refractivity contribution is 7.89. The molecule has 0 amide bonds. The topological polar surface area (TPSA) is 107 Å². The van der Waals surface area contributed by atoms with Gasteiger partial charge >= 0.3 is 0 Å². The van der Waals surface area contributed by atoms with Crippen LogP contribution in [0.1, 0.15) is 30.4 Å². The third kappa shape index (κ3) is 3.53. The standard InChI is InChI=1S/C16H23N3O4S.ClH/c1-10-6-13(19(20)21)7-16(11(10)2)24(22,23)18-8-12-4-3-5-15(17)14(12)9-18;/h6-7,12,14-15H,3-5,8-9,17H2,1-2H3;1H. The van der Waals surface area contributed by atoms with Gasteiger partial charge in [0.05, 0.1) is 9.82 Å². The Kier molecular flexibility index (Phi) is 5.78. The summed E-state index contributed by atoms with van der Waals surface area (Å²) < 4.78 is 27.7. The number of benzene rings is 1. The number of aryl methyl sites for hydroxylation is 1. The van der Waals surface area contributed by atoms with Crippen LogP contribution in [0.2, 0.25) is 0 Å². The molecule has 0 aromatic heterocycles. The molecule has 9 heteroatoms. The molecule has 2 N–H and O–H groups in total. The Morgan fingerprint density at radius 2 is 1.92 bits per heavy atom. The molecular weight excluding hydrogens is 366 g/mol. The Bertz CT molecular complexity index is 784. The summed E-state index contributed by atoms with van der Waals surface area (Å²) in [6.07, 6.45) is 2.96. The van der Waals surface area contributed by atoms with Crippen LogP contribution in [0.4, 0.5) is 5.69 Å². The monoisotopic (exact) mass is 389 g/mol. The van der Waals surface area contributed by atoms with Crippen LogP contribution >= 0.6 is 12.4 Å². The van der Waals surface area contributed by atoms with Crippen molar-refractivity contribution in [2.75, 3.05) is 13.1 Å². The van der Waals surface area contributed by atoms with Gasteiger partial charge in [0.1, 0.15) is 0 Å². The summed E-state index contributed by atoms with van der Waals surface area (Å²) in [6.45, 7) is 4.26. The average Bonchev–Trinajstić information content (AvgIpc) is 2.96. The first-order valence-corrected chi connectivity index (χ1v) is 9.67. The van der Waals surface area contributed by atoms with Crippen molar-refractivity contribution in [3.05, 3.63) is 33.4 Å². The van der Waals surface area contributed by atoms with Crippen LogP contribution in [0.3, 0.4) is 0 Å². The lowest BCUT2D eigenvalue weighted by molar-refractivity contribution is -0.385. The summed E-state index contributed by atoms with van der Waals surface area (Å²) in [6, 6.07) is 2.63. The van der Waals surface area contributed by atoms with E-state index in [0.29, 0.717) is 30.1 Å². The molecule has 1 heterocycles. The van der Waals surface area contributed by atoms with Gasteiger partial charge in [-0.3, -0.25) is 10.1 Å². The number of rotatable bonds is 3. The van der Waals surface area contributed by atoms with Crippen molar-refractivity contribution in [2.24, 2.45) is 17.6 Å². The molecule has 3 atom stereocenters. The number of halogens is 1. The fourth-order valence-corrected chi connectivity index (χ4v) is 5.85. The second kappa shape index (κ2) is 7.19. The Morgan fingerprint density at radius 3 is 2.52 bits per heavy atom. The van der Waals surface area contributed by atoms with E-state index in [1.54, 1.807) is 13.8 Å². The molecule has 1 aromatic rings. The van der Waals surface area contributed by atoms with Crippen LogP contribution in [-0.2, 0) is 10.0 Å². The van der Waals surface area contributed by atoms with E-state index < -0.39 is 14.9 Å². The molecule has 7 nitrogen and oxygen atoms in total. The summed E-state index contributed by atoms with van der Waals surface area (Å²) in [7, 11) is -3.76. The molecule has 2 fully saturated rings. The molecule has 140 valence electrons. The Balaban J connectivity index is 0.00000225. The van der Waals surface area contributed by atoms with Gasteiger partial charge in [0.15, 0.2) is 0 Å². The van der Waals surface area contributed by atoms with E-state index in [9.17, 15) is 18.5 Å². The van der Waals surface area contributed by atoms with Gasteiger partial charge < -0.3 is 5.73 Å². The van der Waals surface area contributed by atoms with Gasteiger partial charge in [-0.25, -0.2) is 8.42 Å². The molecule has 0 spiro atoms. The predicted molar refractivity (Wildman–Crippen MR) is 97.4 cm³/mol. The summed E-state index contributed by atoms with van der Waals surface area (Å²) in [5.41, 5.74) is 7.16. The van der Waals surface area contributed by atoms with E-state index in [4.69, 9.17) is 5.73 Å². The van der Waals surface area contributed by atoms with Gasteiger partial charge in [0, 0.05) is 31.3 Å². The summed E-state index contributed by atoms with van der Waals surface area (Å²) >= 11 is 0. The van der Waals surface area contributed by atoms with Gasteiger partial charge in [-0.1, -0.05) is 6.42 Å². The minimum absolute atomic E-state index is 0. The molecule has 1 aromatic carbocycles. The highest BCUT2D eigenvalue weighted by atomic mass is 35.5. The van der Waals surface area contributed by atoms with E-state index in [1.165, 1.54) is 16.4 Å². The van der Waals surface area contributed by atoms with Crippen LogP contribution in [0.5, 0.6) is 0 Å². The Labute approximate surface area is 154 Å². The summed E-state index contributed by atoms with van der Waals surface area (Å²) in [5, 5.41) is 11.1. The molecule has 0 radical (unpaired) electrons. The zero-order valence-electron chi connectivity index (χ0n) is 14.3. The number of non-ortho nitro benzene ring substituents is 1. The SMILES string of the molecule is Cc1cc([N+](=O)[O-])cc(S(=O)(=O)N2CC3CCCC(N)C3C2)c1C.Cl. The van der Waals surface area contributed by atoms with Gasteiger partial charge in [-0.2, -0.15) is 4.31 Å². The molecule has 3 rings (SSSR count). The smallest absolute Gasteiger partial charge is 0.271 e. The highest BCUT2D eigenvalue weighted by Crippen LogP contribution is 2.39. The van der Waals surface area contributed by atoms with Crippen molar-refractivity contribution in [1.82, 2.24) is 4.31 Å². The number of nitro groups is 1. The number of nitro benzene ring substituents is 1. The Morgan fingerprint density at radius 1 is 1.24 bits per heavy atom. The van der Waals surface area contributed by atoms with Crippen LogP contribution in [0.15, 0.2) is 17.0 Å². The first-order chi connectivity index (χ1) is 11.2. The number of nitrogens with two attached hydrogens (primary N) is 1. The van der Waals surface area contributed by atoms with Crippen molar-refractivity contribution in [2.45, 2.75) is 44.0 Å². The number of hydrogen-bond donors (Lipinski definition) is 1. The molecule has 25 heavy (non-hydrogen) atoms. The van der Waals surface area contributed by atoms with E-state index in [0.717, 1.165) is 19.3 Å². The molecule has 2 aliphatic rings. The average molecular weight is 390 g/mol. The van der Waals surface area contributed by atoms with E-state index in [1.807, 2.05) is 0 Å². The van der Waals surface area contributed by atoms with Crippen LogP contribution in [0, 0.1) is 35.8 Å². The van der Waals surface area contributed by atoms with Crippen molar-refractivity contribution >= 4 is 28.1 Å². The molecule has 3 unspecified atom stereocenters. The zero-order valence-corrected chi connectivity index (χ0v) is 16.0. The number of nitrogens with zero attached hydrogens (tertiary/aromatic N) is 2. The maximum atomic E-state index is 13.1. The zero-order chi connectivity index (χ0) is 17.6. The quantitative estimate of drug-likeness (QED) is 0.630. The first-order valence-electron chi connectivity index (χ1n) is 8.23. The largest absolute Gasteiger partial charge is 0.327 e. The molecule has 1 saturated carbocycles. The lowest BCUT2D eigenvalue weighted by Crippen LogP contribution is -2.38. The van der Waals surface area contributed by atoms with E-state index >= 15 is 0 Å². The van der Waals surface area contributed by atoms with Gasteiger partial charge in [0.2, 0.25) is 10.0 Å². The third-order valence-corrected chi connectivity index (χ3v) is 7.51. The summed E-state index contributed by atoms with van der Waals surface area (Å²) in [5.74, 6) is 0.484. The number of hydrogen-bond acceptors (Lipinski definition) is 5. The molecule has 1 aliphatic carbocycles. The van der Waals surface area contributed by atoms with E-state index in [-0.39, 0.29) is 34.9 Å².